The van der Waals surface area contributed by atoms with Crippen molar-refractivity contribution in [2.75, 3.05) is 0 Å². The Morgan fingerprint density at radius 2 is 1.62 bits per heavy atom. The number of aliphatic hydroxyl groups excluding tert-OH is 1. The molecule has 1 saturated heterocycles. The molecule has 2 amide bonds. The molecule has 2 aromatic rings. The van der Waals surface area contributed by atoms with Gasteiger partial charge in [0, 0.05) is 17.9 Å². The molecule has 26 heavy (non-hydrogen) atoms. The van der Waals surface area contributed by atoms with Crippen molar-refractivity contribution in [1.82, 2.24) is 4.90 Å². The van der Waals surface area contributed by atoms with E-state index in [4.69, 9.17) is 0 Å². The van der Waals surface area contributed by atoms with E-state index in [2.05, 4.69) is 12.1 Å². The van der Waals surface area contributed by atoms with Gasteiger partial charge in [-0.3, -0.25) is 14.5 Å². The van der Waals surface area contributed by atoms with Gasteiger partial charge in [-0.25, -0.2) is 0 Å². The molecule has 0 radical (unpaired) electrons. The summed E-state index contributed by atoms with van der Waals surface area (Å²) in [5, 5.41) is 9.98. The highest BCUT2D eigenvalue weighted by Crippen LogP contribution is 2.29. The van der Waals surface area contributed by atoms with Crippen molar-refractivity contribution in [1.29, 1.82) is 0 Å². The van der Waals surface area contributed by atoms with Crippen molar-refractivity contribution < 1.29 is 14.7 Å². The lowest BCUT2D eigenvalue weighted by molar-refractivity contribution is -0.151. The number of nitrogens with zero attached hydrogens (tertiary/aromatic N) is 1. The first kappa shape index (κ1) is 18.3. The van der Waals surface area contributed by atoms with E-state index in [0.717, 1.165) is 16.7 Å². The van der Waals surface area contributed by atoms with Crippen LogP contribution in [0.4, 0.5) is 0 Å². The standard InChI is InChI=1S/C22H25NO3/c1-22(2,3)21(26)23-18(14-19(24)20(23)25)13-15-9-11-17(12-10-15)16-7-5-4-6-8-16/h4-12,18-19,24H,13-14H2,1-3H3/t18-,19?/m1/s1. The highest BCUT2D eigenvalue weighted by molar-refractivity contribution is 6.01. The molecular weight excluding hydrogens is 326 g/mol. The van der Waals surface area contributed by atoms with Gasteiger partial charge >= 0.3 is 0 Å². The molecule has 1 heterocycles. The van der Waals surface area contributed by atoms with Gasteiger partial charge in [0.25, 0.3) is 5.91 Å². The highest BCUT2D eigenvalue weighted by Gasteiger charge is 2.45. The molecule has 0 aromatic heterocycles. The fourth-order valence-electron chi connectivity index (χ4n) is 3.34. The van der Waals surface area contributed by atoms with Crippen LogP contribution in [0.1, 0.15) is 32.8 Å². The Labute approximate surface area is 154 Å². The van der Waals surface area contributed by atoms with Crippen LogP contribution in [0.3, 0.4) is 0 Å². The van der Waals surface area contributed by atoms with Gasteiger partial charge in [-0.15, -0.1) is 0 Å². The van der Waals surface area contributed by atoms with E-state index in [1.807, 2.05) is 42.5 Å². The minimum Gasteiger partial charge on any atom is -0.383 e. The summed E-state index contributed by atoms with van der Waals surface area (Å²) in [6.45, 7) is 5.37. The van der Waals surface area contributed by atoms with Crippen LogP contribution in [0.15, 0.2) is 54.6 Å². The average molecular weight is 351 g/mol. The summed E-state index contributed by atoms with van der Waals surface area (Å²) in [6.07, 6.45) is -0.240. The fourth-order valence-corrected chi connectivity index (χ4v) is 3.34. The molecular formula is C22H25NO3. The van der Waals surface area contributed by atoms with Crippen LogP contribution in [0, 0.1) is 5.41 Å². The summed E-state index contributed by atoms with van der Waals surface area (Å²) < 4.78 is 0. The number of carbonyl (C=O) groups excluding carboxylic acids is 2. The van der Waals surface area contributed by atoms with Crippen LogP contribution < -0.4 is 0 Å². The van der Waals surface area contributed by atoms with Crippen LogP contribution in [-0.2, 0) is 16.0 Å². The molecule has 1 fully saturated rings. The number of aliphatic hydroxyl groups is 1. The number of benzene rings is 2. The number of hydrogen-bond donors (Lipinski definition) is 1. The maximum absolute atomic E-state index is 12.7. The van der Waals surface area contributed by atoms with Gasteiger partial charge in [0.15, 0.2) is 0 Å². The molecule has 3 rings (SSSR count). The molecule has 1 aliphatic heterocycles. The normalized spacial score (nSPS) is 20.5. The number of amides is 2. The minimum atomic E-state index is -1.09. The zero-order valence-corrected chi connectivity index (χ0v) is 15.5. The molecule has 0 spiro atoms. The summed E-state index contributed by atoms with van der Waals surface area (Å²) in [4.78, 5) is 26.2. The monoisotopic (exact) mass is 351 g/mol. The van der Waals surface area contributed by atoms with Crippen LogP contribution in [0.2, 0.25) is 0 Å². The molecule has 4 heteroatoms. The second kappa shape index (κ2) is 7.04. The first-order valence-electron chi connectivity index (χ1n) is 8.97. The molecule has 1 N–H and O–H groups in total. The third-order valence-corrected chi connectivity index (χ3v) is 4.78. The van der Waals surface area contributed by atoms with Crippen molar-refractivity contribution >= 4 is 11.8 Å². The van der Waals surface area contributed by atoms with Crippen molar-refractivity contribution in [3.8, 4) is 11.1 Å². The van der Waals surface area contributed by atoms with Gasteiger partial charge in [-0.1, -0.05) is 75.4 Å². The van der Waals surface area contributed by atoms with E-state index >= 15 is 0 Å². The number of likely N-dealkylation sites (tertiary alicyclic amines) is 1. The van der Waals surface area contributed by atoms with E-state index in [1.165, 1.54) is 4.90 Å². The maximum atomic E-state index is 12.7. The molecule has 0 bridgehead atoms. The van der Waals surface area contributed by atoms with Crippen LogP contribution in [-0.4, -0.2) is 34.0 Å². The van der Waals surface area contributed by atoms with Gasteiger partial charge in [0.2, 0.25) is 5.91 Å². The molecule has 1 unspecified atom stereocenters. The Morgan fingerprint density at radius 3 is 2.19 bits per heavy atom. The Morgan fingerprint density at radius 1 is 1.04 bits per heavy atom. The van der Waals surface area contributed by atoms with E-state index in [-0.39, 0.29) is 11.9 Å². The van der Waals surface area contributed by atoms with Crippen molar-refractivity contribution in [2.45, 2.75) is 45.8 Å². The predicted octanol–water partition coefficient (Wildman–Crippen LogP) is 3.43. The van der Waals surface area contributed by atoms with Crippen LogP contribution >= 0.6 is 0 Å². The topological polar surface area (TPSA) is 57.6 Å². The largest absolute Gasteiger partial charge is 0.383 e. The lowest BCUT2D eigenvalue weighted by atomic mass is 9.93. The summed E-state index contributed by atoms with van der Waals surface area (Å²) in [6, 6.07) is 18.0. The molecule has 136 valence electrons. The smallest absolute Gasteiger partial charge is 0.258 e. The molecule has 0 saturated carbocycles. The van der Waals surface area contributed by atoms with E-state index in [1.54, 1.807) is 20.8 Å². The summed E-state index contributed by atoms with van der Waals surface area (Å²) in [7, 11) is 0. The Kier molecular flexibility index (Phi) is 4.97. The minimum absolute atomic E-state index is 0.232. The molecule has 4 nitrogen and oxygen atoms in total. The van der Waals surface area contributed by atoms with Gasteiger partial charge in [-0.2, -0.15) is 0 Å². The van der Waals surface area contributed by atoms with Gasteiger partial charge in [-0.05, 0) is 23.1 Å². The quantitative estimate of drug-likeness (QED) is 0.922. The lowest BCUT2D eigenvalue weighted by Crippen LogP contribution is -2.46. The van der Waals surface area contributed by atoms with Crippen LogP contribution in [0.25, 0.3) is 11.1 Å². The first-order valence-corrected chi connectivity index (χ1v) is 8.97. The van der Waals surface area contributed by atoms with Gasteiger partial charge < -0.3 is 5.11 Å². The first-order chi connectivity index (χ1) is 12.3. The summed E-state index contributed by atoms with van der Waals surface area (Å²) in [5.41, 5.74) is 2.66. The van der Waals surface area contributed by atoms with Crippen molar-refractivity contribution in [3.63, 3.8) is 0 Å². The second-order valence-electron chi connectivity index (χ2n) is 7.94. The third kappa shape index (κ3) is 3.70. The van der Waals surface area contributed by atoms with E-state index in [9.17, 15) is 14.7 Å². The van der Waals surface area contributed by atoms with E-state index < -0.39 is 17.4 Å². The number of rotatable bonds is 3. The molecule has 2 aromatic carbocycles. The zero-order chi connectivity index (χ0) is 18.9. The Bertz CT molecular complexity index is 790. The van der Waals surface area contributed by atoms with Crippen molar-refractivity contribution in [3.05, 3.63) is 60.2 Å². The van der Waals surface area contributed by atoms with Gasteiger partial charge in [0.1, 0.15) is 6.10 Å². The SMILES string of the molecule is CC(C)(C)C(=O)N1C(=O)C(O)C[C@H]1Cc1ccc(-c2ccccc2)cc1. The Balaban J connectivity index is 1.79. The number of carbonyl (C=O) groups is 2. The fraction of sp³-hybridized carbons (Fsp3) is 0.364. The molecule has 1 aliphatic rings. The molecule has 2 atom stereocenters. The van der Waals surface area contributed by atoms with Crippen LogP contribution in [0.5, 0.6) is 0 Å². The average Bonchev–Trinajstić information content (AvgIpc) is 2.88. The second-order valence-corrected chi connectivity index (χ2v) is 7.94. The number of imide groups is 1. The zero-order valence-electron chi connectivity index (χ0n) is 15.5. The number of hydrogen-bond acceptors (Lipinski definition) is 3. The molecule has 0 aliphatic carbocycles. The summed E-state index contributed by atoms with van der Waals surface area (Å²) >= 11 is 0. The third-order valence-electron chi connectivity index (χ3n) is 4.78. The highest BCUT2D eigenvalue weighted by atomic mass is 16.3. The van der Waals surface area contributed by atoms with E-state index in [0.29, 0.717) is 12.8 Å². The summed E-state index contributed by atoms with van der Waals surface area (Å²) in [5.74, 6) is -0.708. The van der Waals surface area contributed by atoms with Gasteiger partial charge in [0.05, 0.1) is 0 Å². The van der Waals surface area contributed by atoms with Crippen molar-refractivity contribution in [2.24, 2.45) is 5.41 Å². The Hall–Kier alpha value is -2.46. The lowest BCUT2D eigenvalue weighted by Gasteiger charge is -2.29. The predicted molar refractivity (Wildman–Crippen MR) is 101 cm³/mol. The maximum Gasteiger partial charge on any atom is 0.258 e.